The Kier molecular flexibility index (Phi) is 6.97. The number of piperazine rings is 1. The molecular weight excluding hydrogens is 428 g/mol. The predicted molar refractivity (Wildman–Crippen MR) is 134 cm³/mol. The summed E-state index contributed by atoms with van der Waals surface area (Å²) in [7, 11) is 2.17. The SMILES string of the molecule is CN1CCN(c2ccc3cc2COC/C=C/CCOc2cc(ccn2)-c2ccnc(n2)N3)CC1. The quantitative estimate of drug-likeness (QED) is 0.551. The topological polar surface area (TPSA) is 75.6 Å². The number of benzene rings is 1. The summed E-state index contributed by atoms with van der Waals surface area (Å²) in [6.45, 7) is 5.78. The Bertz CT molecular complexity index is 1140. The average molecular weight is 459 g/mol. The van der Waals surface area contributed by atoms with E-state index in [-0.39, 0.29) is 0 Å². The smallest absolute Gasteiger partial charge is 0.227 e. The molecule has 0 spiro atoms. The van der Waals surface area contributed by atoms with E-state index in [0.29, 0.717) is 31.6 Å². The van der Waals surface area contributed by atoms with Crippen LogP contribution < -0.4 is 15.0 Å². The van der Waals surface area contributed by atoms with E-state index in [4.69, 9.17) is 14.5 Å². The van der Waals surface area contributed by atoms with Crippen molar-refractivity contribution < 1.29 is 9.47 Å². The standard InChI is InChI=1S/C26H30N6O2/c1-31-11-13-32(14-12-31)24-6-5-22-17-21(24)19-33-15-3-2-4-16-34-25-18-20(7-9-27-25)23-8-10-28-26(29-22)30-23/h2-3,5-10,17-18H,4,11-16,19H2,1H3,(H,28,29,30)/b3-2+. The molecular formula is C26H30N6O2. The third kappa shape index (κ3) is 5.52. The lowest BCUT2D eigenvalue weighted by Gasteiger charge is -2.35. The minimum absolute atomic E-state index is 0.535. The van der Waals surface area contributed by atoms with Gasteiger partial charge in [-0.1, -0.05) is 12.2 Å². The summed E-state index contributed by atoms with van der Waals surface area (Å²) < 4.78 is 11.8. The van der Waals surface area contributed by atoms with E-state index in [0.717, 1.165) is 55.1 Å². The van der Waals surface area contributed by atoms with E-state index < -0.39 is 0 Å². The molecule has 4 heterocycles. The third-order valence-electron chi connectivity index (χ3n) is 6.04. The first-order chi connectivity index (χ1) is 16.7. The van der Waals surface area contributed by atoms with Gasteiger partial charge in [0.1, 0.15) is 0 Å². The number of likely N-dealkylation sites (N-methyl/N-ethyl adjacent to an activating group) is 1. The molecule has 1 fully saturated rings. The molecule has 0 unspecified atom stereocenters. The maximum Gasteiger partial charge on any atom is 0.227 e. The van der Waals surface area contributed by atoms with Gasteiger partial charge in [-0.15, -0.1) is 0 Å². The molecule has 2 aliphatic heterocycles. The molecule has 5 rings (SSSR count). The van der Waals surface area contributed by atoms with Gasteiger partial charge in [0, 0.05) is 67.1 Å². The molecule has 0 amide bonds. The lowest BCUT2D eigenvalue weighted by molar-refractivity contribution is 0.148. The summed E-state index contributed by atoms with van der Waals surface area (Å²) in [6, 6.07) is 12.1. The van der Waals surface area contributed by atoms with Crippen LogP contribution in [-0.2, 0) is 11.3 Å². The van der Waals surface area contributed by atoms with Crippen LogP contribution in [0.4, 0.5) is 17.3 Å². The number of pyridine rings is 1. The fraction of sp³-hybridized carbons (Fsp3) is 0.346. The van der Waals surface area contributed by atoms with Gasteiger partial charge in [-0.3, -0.25) is 0 Å². The van der Waals surface area contributed by atoms with Gasteiger partial charge in [-0.2, -0.15) is 0 Å². The van der Waals surface area contributed by atoms with Gasteiger partial charge in [0.25, 0.3) is 0 Å². The zero-order valence-electron chi connectivity index (χ0n) is 19.5. The monoisotopic (exact) mass is 458 g/mol. The Hall–Kier alpha value is -3.49. The van der Waals surface area contributed by atoms with E-state index in [1.807, 2.05) is 24.3 Å². The van der Waals surface area contributed by atoms with Gasteiger partial charge < -0.3 is 24.6 Å². The zero-order chi connectivity index (χ0) is 23.2. The maximum absolute atomic E-state index is 6.01. The second-order valence-corrected chi connectivity index (χ2v) is 8.53. The van der Waals surface area contributed by atoms with E-state index >= 15 is 0 Å². The minimum Gasteiger partial charge on any atom is -0.477 e. The molecule has 0 saturated carbocycles. The number of fused-ring (bicyclic) bond motifs is 7. The first-order valence-electron chi connectivity index (χ1n) is 11.7. The highest BCUT2D eigenvalue weighted by Gasteiger charge is 2.18. The predicted octanol–water partition coefficient (Wildman–Crippen LogP) is 3.89. The molecule has 0 aliphatic carbocycles. The number of nitrogens with one attached hydrogen (secondary N) is 1. The normalized spacial score (nSPS) is 18.2. The summed E-state index contributed by atoms with van der Waals surface area (Å²) in [5.41, 5.74) is 5.06. The number of rotatable bonds is 1. The van der Waals surface area contributed by atoms with Crippen molar-refractivity contribution in [1.29, 1.82) is 0 Å². The lowest BCUT2D eigenvalue weighted by atomic mass is 10.1. The van der Waals surface area contributed by atoms with Crippen LogP contribution in [0.3, 0.4) is 0 Å². The Balaban J connectivity index is 1.45. The molecule has 2 aromatic heterocycles. The van der Waals surface area contributed by atoms with Crippen LogP contribution in [0, 0.1) is 0 Å². The molecule has 1 saturated heterocycles. The molecule has 8 heteroatoms. The van der Waals surface area contributed by atoms with Crippen molar-refractivity contribution in [2.24, 2.45) is 0 Å². The van der Waals surface area contributed by atoms with E-state index in [9.17, 15) is 0 Å². The number of anilines is 3. The van der Waals surface area contributed by atoms with Crippen molar-refractivity contribution in [1.82, 2.24) is 19.9 Å². The molecule has 0 radical (unpaired) electrons. The Morgan fingerprint density at radius 1 is 0.941 bits per heavy atom. The fourth-order valence-corrected chi connectivity index (χ4v) is 4.15. The van der Waals surface area contributed by atoms with Crippen molar-refractivity contribution in [2.45, 2.75) is 13.0 Å². The molecule has 1 N–H and O–H groups in total. The van der Waals surface area contributed by atoms with Crippen LogP contribution in [0.15, 0.2) is 60.9 Å². The van der Waals surface area contributed by atoms with Gasteiger partial charge in [0.2, 0.25) is 11.8 Å². The molecule has 0 atom stereocenters. The highest BCUT2D eigenvalue weighted by atomic mass is 16.5. The van der Waals surface area contributed by atoms with Crippen molar-refractivity contribution in [2.75, 3.05) is 56.7 Å². The van der Waals surface area contributed by atoms with Crippen LogP contribution in [0.2, 0.25) is 0 Å². The average Bonchev–Trinajstić information content (AvgIpc) is 2.86. The summed E-state index contributed by atoms with van der Waals surface area (Å²) in [4.78, 5) is 18.3. The number of ether oxygens (including phenoxy) is 2. The van der Waals surface area contributed by atoms with Crippen molar-refractivity contribution in [3.8, 4) is 17.1 Å². The summed E-state index contributed by atoms with van der Waals surface area (Å²) >= 11 is 0. The molecule has 8 nitrogen and oxygen atoms in total. The summed E-state index contributed by atoms with van der Waals surface area (Å²) in [5, 5.41) is 3.37. The minimum atomic E-state index is 0.535. The van der Waals surface area contributed by atoms with Gasteiger partial charge >= 0.3 is 0 Å². The van der Waals surface area contributed by atoms with Crippen LogP contribution in [0.5, 0.6) is 5.88 Å². The molecule has 6 bridgehead atoms. The first kappa shape index (κ1) is 22.3. The Morgan fingerprint density at radius 3 is 2.74 bits per heavy atom. The van der Waals surface area contributed by atoms with E-state index in [1.165, 1.54) is 5.69 Å². The van der Waals surface area contributed by atoms with Crippen LogP contribution in [-0.4, -0.2) is 66.3 Å². The summed E-state index contributed by atoms with van der Waals surface area (Å²) in [5.74, 6) is 1.13. The first-order valence-corrected chi connectivity index (χ1v) is 11.7. The highest BCUT2D eigenvalue weighted by Crippen LogP contribution is 2.28. The number of aromatic nitrogens is 3. The van der Waals surface area contributed by atoms with Gasteiger partial charge in [0.05, 0.1) is 25.5 Å². The second kappa shape index (κ2) is 10.6. The number of nitrogens with zero attached hydrogens (tertiary/aromatic N) is 5. The molecule has 1 aromatic carbocycles. The maximum atomic E-state index is 6.01. The number of hydrogen-bond acceptors (Lipinski definition) is 8. The van der Waals surface area contributed by atoms with Crippen molar-refractivity contribution in [3.05, 3.63) is 66.5 Å². The Labute approximate surface area is 200 Å². The van der Waals surface area contributed by atoms with Crippen LogP contribution in [0.25, 0.3) is 11.3 Å². The Morgan fingerprint density at radius 2 is 1.82 bits per heavy atom. The molecule has 34 heavy (non-hydrogen) atoms. The lowest BCUT2D eigenvalue weighted by Crippen LogP contribution is -2.44. The van der Waals surface area contributed by atoms with Gasteiger partial charge in [-0.05, 0) is 43.8 Å². The van der Waals surface area contributed by atoms with Crippen molar-refractivity contribution >= 4 is 17.3 Å². The summed E-state index contributed by atoms with van der Waals surface area (Å²) in [6.07, 6.45) is 8.43. The second-order valence-electron chi connectivity index (χ2n) is 8.53. The largest absolute Gasteiger partial charge is 0.477 e. The zero-order valence-corrected chi connectivity index (χ0v) is 19.5. The number of hydrogen-bond donors (Lipinski definition) is 1. The van der Waals surface area contributed by atoms with Crippen LogP contribution in [0.1, 0.15) is 12.0 Å². The van der Waals surface area contributed by atoms with E-state index in [1.54, 1.807) is 12.4 Å². The van der Waals surface area contributed by atoms with Gasteiger partial charge in [0.15, 0.2) is 0 Å². The van der Waals surface area contributed by atoms with Gasteiger partial charge in [-0.25, -0.2) is 15.0 Å². The van der Waals surface area contributed by atoms with Crippen LogP contribution >= 0.6 is 0 Å². The van der Waals surface area contributed by atoms with Crippen molar-refractivity contribution in [3.63, 3.8) is 0 Å². The molecule has 3 aromatic rings. The molecule has 176 valence electrons. The molecule has 2 aliphatic rings. The van der Waals surface area contributed by atoms with E-state index in [2.05, 4.69) is 56.4 Å². The third-order valence-corrected chi connectivity index (χ3v) is 6.04. The fourth-order valence-electron chi connectivity index (χ4n) is 4.15. The highest BCUT2D eigenvalue weighted by molar-refractivity contribution is 5.66.